The number of aryl methyl sites for hydroxylation is 1. The van der Waals surface area contributed by atoms with Crippen molar-refractivity contribution in [2.75, 3.05) is 30.3 Å². The molecule has 168 valence electrons. The largest absolute Gasteiger partial charge is 0.494 e. The van der Waals surface area contributed by atoms with Gasteiger partial charge in [-0.3, -0.25) is 4.79 Å². The van der Waals surface area contributed by atoms with Crippen molar-refractivity contribution >= 4 is 21.4 Å². The molecule has 0 aliphatic carbocycles. The van der Waals surface area contributed by atoms with Crippen molar-refractivity contribution < 1.29 is 17.9 Å². The van der Waals surface area contributed by atoms with Crippen LogP contribution in [-0.2, 0) is 14.6 Å². The van der Waals surface area contributed by atoms with Gasteiger partial charge in [0, 0.05) is 31.2 Å². The molecule has 0 atom stereocenters. The highest BCUT2D eigenvalue weighted by molar-refractivity contribution is 7.91. The molecule has 6 nitrogen and oxygen atoms in total. The molecule has 1 heterocycles. The van der Waals surface area contributed by atoms with Crippen LogP contribution in [0.2, 0.25) is 0 Å². The summed E-state index contributed by atoms with van der Waals surface area (Å²) in [4.78, 5) is 14.9. The third kappa shape index (κ3) is 6.72. The van der Waals surface area contributed by atoms with Gasteiger partial charge in [0.2, 0.25) is 5.91 Å². The van der Waals surface area contributed by atoms with Gasteiger partial charge in [-0.05, 0) is 68.1 Å². The van der Waals surface area contributed by atoms with Gasteiger partial charge in [-0.25, -0.2) is 8.42 Å². The van der Waals surface area contributed by atoms with Crippen LogP contribution < -0.4 is 15.0 Å². The predicted molar refractivity (Wildman–Crippen MR) is 123 cm³/mol. The van der Waals surface area contributed by atoms with Crippen LogP contribution in [0.25, 0.3) is 0 Å². The van der Waals surface area contributed by atoms with Gasteiger partial charge in [-0.1, -0.05) is 19.1 Å². The number of piperidine rings is 1. The highest BCUT2D eigenvalue weighted by Gasteiger charge is 2.21. The second-order valence-electron chi connectivity index (χ2n) is 7.99. The maximum Gasteiger partial charge on any atom is 0.220 e. The van der Waals surface area contributed by atoms with Gasteiger partial charge in [0.15, 0.2) is 9.84 Å². The number of nitrogens with one attached hydrogen (secondary N) is 1. The standard InChI is InChI=1S/C24H32N2O4S/c1-3-31(28,29)23-11-9-21(10-12-23)26-15-13-20(14-16-26)25-24(27)8-5-17-30-22-7-4-6-19(2)18-22/h4,6-7,9-12,18,20H,3,5,8,13-17H2,1-2H3,(H,25,27). The van der Waals surface area contributed by atoms with Crippen LogP contribution in [0.5, 0.6) is 5.75 Å². The molecule has 1 saturated heterocycles. The van der Waals surface area contributed by atoms with E-state index in [2.05, 4.69) is 10.2 Å². The molecule has 0 saturated carbocycles. The van der Waals surface area contributed by atoms with E-state index in [4.69, 9.17) is 4.74 Å². The van der Waals surface area contributed by atoms with Gasteiger partial charge in [-0.2, -0.15) is 0 Å². The first-order valence-electron chi connectivity index (χ1n) is 10.9. The van der Waals surface area contributed by atoms with Crippen molar-refractivity contribution in [3.8, 4) is 5.75 Å². The molecule has 1 aliphatic rings. The summed E-state index contributed by atoms with van der Waals surface area (Å²) in [6.07, 6.45) is 2.89. The van der Waals surface area contributed by atoms with E-state index in [1.807, 2.05) is 43.3 Å². The Balaban J connectivity index is 1.37. The van der Waals surface area contributed by atoms with E-state index < -0.39 is 9.84 Å². The lowest BCUT2D eigenvalue weighted by Crippen LogP contribution is -2.44. The zero-order valence-electron chi connectivity index (χ0n) is 18.3. The Morgan fingerprint density at radius 3 is 2.48 bits per heavy atom. The lowest BCUT2D eigenvalue weighted by Gasteiger charge is -2.34. The normalized spacial score (nSPS) is 15.0. The van der Waals surface area contributed by atoms with E-state index in [0.29, 0.717) is 24.3 Å². The lowest BCUT2D eigenvalue weighted by molar-refractivity contribution is -0.122. The fraction of sp³-hybridized carbons (Fsp3) is 0.458. The number of sulfone groups is 1. The maximum atomic E-state index is 12.3. The first kappa shape index (κ1) is 23.1. The lowest BCUT2D eigenvalue weighted by atomic mass is 10.0. The average molecular weight is 445 g/mol. The highest BCUT2D eigenvalue weighted by atomic mass is 32.2. The summed E-state index contributed by atoms with van der Waals surface area (Å²) in [5.74, 6) is 1.02. The number of benzene rings is 2. The first-order valence-corrected chi connectivity index (χ1v) is 12.6. The summed E-state index contributed by atoms with van der Waals surface area (Å²) in [6.45, 7) is 5.87. The molecular weight excluding hydrogens is 412 g/mol. The SMILES string of the molecule is CCS(=O)(=O)c1ccc(N2CCC(NC(=O)CCCOc3cccc(C)c3)CC2)cc1. The number of rotatable bonds is 9. The molecule has 2 aromatic rings. The molecule has 31 heavy (non-hydrogen) atoms. The molecule has 1 amide bonds. The molecular formula is C24H32N2O4S. The molecule has 0 unspecified atom stereocenters. The molecule has 1 fully saturated rings. The summed E-state index contributed by atoms with van der Waals surface area (Å²) in [6, 6.07) is 15.2. The van der Waals surface area contributed by atoms with E-state index in [1.165, 1.54) is 0 Å². The predicted octanol–water partition coefficient (Wildman–Crippen LogP) is 3.73. The van der Waals surface area contributed by atoms with Crippen molar-refractivity contribution in [2.24, 2.45) is 0 Å². The Bertz CT molecular complexity index is 965. The Hall–Kier alpha value is -2.54. The van der Waals surface area contributed by atoms with E-state index in [9.17, 15) is 13.2 Å². The Labute approximate surface area is 185 Å². The molecule has 0 bridgehead atoms. The van der Waals surface area contributed by atoms with Crippen LogP contribution in [0.3, 0.4) is 0 Å². The fourth-order valence-electron chi connectivity index (χ4n) is 3.74. The number of nitrogens with zero attached hydrogens (tertiary/aromatic N) is 1. The summed E-state index contributed by atoms with van der Waals surface area (Å²) < 4.78 is 29.6. The van der Waals surface area contributed by atoms with Gasteiger partial charge < -0.3 is 15.0 Å². The molecule has 1 aliphatic heterocycles. The van der Waals surface area contributed by atoms with Gasteiger partial charge in [-0.15, -0.1) is 0 Å². The monoisotopic (exact) mass is 444 g/mol. The fourth-order valence-corrected chi connectivity index (χ4v) is 4.62. The van der Waals surface area contributed by atoms with Crippen molar-refractivity contribution in [3.05, 3.63) is 54.1 Å². The third-order valence-electron chi connectivity index (χ3n) is 5.61. The Morgan fingerprint density at radius 2 is 1.84 bits per heavy atom. The van der Waals surface area contributed by atoms with E-state index in [0.717, 1.165) is 42.9 Å². The van der Waals surface area contributed by atoms with Crippen molar-refractivity contribution in [1.82, 2.24) is 5.32 Å². The van der Waals surface area contributed by atoms with Gasteiger partial charge in [0.25, 0.3) is 0 Å². The van der Waals surface area contributed by atoms with Gasteiger partial charge in [0.1, 0.15) is 5.75 Å². The first-order chi connectivity index (χ1) is 14.9. The number of hydrogen-bond acceptors (Lipinski definition) is 5. The molecule has 1 N–H and O–H groups in total. The Kier molecular flexibility index (Phi) is 7.96. The van der Waals surface area contributed by atoms with Crippen LogP contribution >= 0.6 is 0 Å². The maximum absolute atomic E-state index is 12.3. The molecule has 0 spiro atoms. The molecule has 0 radical (unpaired) electrons. The number of amides is 1. The van der Waals surface area contributed by atoms with Crippen molar-refractivity contribution in [2.45, 2.75) is 50.5 Å². The number of ether oxygens (including phenoxy) is 1. The van der Waals surface area contributed by atoms with E-state index in [-0.39, 0.29) is 17.7 Å². The molecule has 3 rings (SSSR count). The minimum Gasteiger partial charge on any atom is -0.494 e. The minimum absolute atomic E-state index is 0.0698. The van der Waals surface area contributed by atoms with Crippen molar-refractivity contribution in [1.29, 1.82) is 0 Å². The molecule has 0 aromatic heterocycles. The van der Waals surface area contributed by atoms with E-state index >= 15 is 0 Å². The smallest absolute Gasteiger partial charge is 0.220 e. The second kappa shape index (κ2) is 10.7. The third-order valence-corrected chi connectivity index (χ3v) is 7.36. The van der Waals surface area contributed by atoms with Crippen molar-refractivity contribution in [3.63, 3.8) is 0 Å². The summed E-state index contributed by atoms with van der Waals surface area (Å²) in [7, 11) is -3.17. The number of carbonyl (C=O) groups excluding carboxylic acids is 1. The topological polar surface area (TPSA) is 75.7 Å². The second-order valence-corrected chi connectivity index (χ2v) is 10.3. The summed E-state index contributed by atoms with van der Waals surface area (Å²) in [5, 5.41) is 3.13. The van der Waals surface area contributed by atoms with Crippen LogP contribution in [0, 0.1) is 6.92 Å². The van der Waals surface area contributed by atoms with Crippen LogP contribution in [0.4, 0.5) is 5.69 Å². The summed E-state index contributed by atoms with van der Waals surface area (Å²) in [5.41, 5.74) is 2.18. The zero-order chi connectivity index (χ0) is 22.3. The van der Waals surface area contributed by atoms with Gasteiger partial charge in [0.05, 0.1) is 17.3 Å². The number of anilines is 1. The number of carbonyl (C=O) groups is 1. The van der Waals surface area contributed by atoms with Crippen LogP contribution in [-0.4, -0.2) is 45.8 Å². The molecule has 2 aromatic carbocycles. The van der Waals surface area contributed by atoms with Crippen LogP contribution in [0.1, 0.15) is 38.2 Å². The minimum atomic E-state index is -3.17. The summed E-state index contributed by atoms with van der Waals surface area (Å²) >= 11 is 0. The highest BCUT2D eigenvalue weighted by Crippen LogP contribution is 2.22. The van der Waals surface area contributed by atoms with Gasteiger partial charge >= 0.3 is 0 Å². The Morgan fingerprint density at radius 1 is 1.13 bits per heavy atom. The van der Waals surface area contributed by atoms with E-state index in [1.54, 1.807) is 19.1 Å². The average Bonchev–Trinajstić information content (AvgIpc) is 2.77. The number of hydrogen-bond donors (Lipinski definition) is 1. The molecule has 7 heteroatoms. The zero-order valence-corrected chi connectivity index (χ0v) is 19.2. The quantitative estimate of drug-likeness (QED) is 0.597. The van der Waals surface area contributed by atoms with Crippen LogP contribution in [0.15, 0.2) is 53.4 Å².